The van der Waals surface area contributed by atoms with Gasteiger partial charge in [-0.3, -0.25) is 4.79 Å². The van der Waals surface area contributed by atoms with E-state index in [4.69, 9.17) is 16.7 Å². The summed E-state index contributed by atoms with van der Waals surface area (Å²) >= 11 is 5.82. The Balaban J connectivity index is 2.35. The van der Waals surface area contributed by atoms with Gasteiger partial charge in [-0.05, 0) is 37.6 Å². The first kappa shape index (κ1) is 12.0. The molecule has 0 aromatic heterocycles. The average molecular weight is 228 g/mol. The largest absolute Gasteiger partial charge is 0.480 e. The Bertz CT molecular complexity index is 341. The average Bonchev–Trinajstić information content (AvgIpc) is 2.17. The zero-order valence-corrected chi connectivity index (χ0v) is 9.29. The van der Waals surface area contributed by atoms with E-state index in [0.717, 1.165) is 12.0 Å². The molecule has 0 spiro atoms. The van der Waals surface area contributed by atoms with Crippen LogP contribution in [0.2, 0.25) is 5.02 Å². The number of benzene rings is 1. The third-order valence-corrected chi connectivity index (χ3v) is 2.36. The molecule has 1 atom stereocenters. The predicted molar refractivity (Wildman–Crippen MR) is 60.3 cm³/mol. The Hall–Kier alpha value is -1.06. The summed E-state index contributed by atoms with van der Waals surface area (Å²) < 4.78 is 0. The Kier molecular flexibility index (Phi) is 4.59. The molecule has 1 aromatic rings. The van der Waals surface area contributed by atoms with Gasteiger partial charge in [0.1, 0.15) is 6.04 Å². The van der Waals surface area contributed by atoms with E-state index in [-0.39, 0.29) is 0 Å². The summed E-state index contributed by atoms with van der Waals surface area (Å²) in [5, 5.41) is 12.3. The maximum Gasteiger partial charge on any atom is 0.320 e. The second-order valence-electron chi connectivity index (χ2n) is 3.39. The van der Waals surface area contributed by atoms with Crippen LogP contribution < -0.4 is 5.32 Å². The first-order valence-corrected chi connectivity index (χ1v) is 5.18. The van der Waals surface area contributed by atoms with Gasteiger partial charge in [0.05, 0.1) is 0 Å². The molecule has 0 radical (unpaired) electrons. The van der Waals surface area contributed by atoms with E-state index >= 15 is 0 Å². The summed E-state index contributed by atoms with van der Waals surface area (Å²) in [7, 11) is 0. The lowest BCUT2D eigenvalue weighted by molar-refractivity contribution is -0.138. The molecule has 4 heteroatoms. The van der Waals surface area contributed by atoms with Gasteiger partial charge in [-0.25, -0.2) is 0 Å². The molecule has 0 amide bonds. The van der Waals surface area contributed by atoms with Crippen molar-refractivity contribution in [3.8, 4) is 0 Å². The quantitative estimate of drug-likeness (QED) is 0.809. The number of hydrogen-bond donors (Lipinski definition) is 2. The van der Waals surface area contributed by atoms with Crippen LogP contribution in [0.5, 0.6) is 0 Å². The first-order valence-electron chi connectivity index (χ1n) is 4.80. The van der Waals surface area contributed by atoms with Crippen LogP contribution in [-0.2, 0) is 11.2 Å². The van der Waals surface area contributed by atoms with Crippen LogP contribution in [0, 0.1) is 0 Å². The molecule has 15 heavy (non-hydrogen) atoms. The minimum Gasteiger partial charge on any atom is -0.480 e. The summed E-state index contributed by atoms with van der Waals surface area (Å²) in [5.74, 6) is -0.832. The van der Waals surface area contributed by atoms with Crippen molar-refractivity contribution in [2.45, 2.75) is 19.4 Å². The number of halogens is 1. The van der Waals surface area contributed by atoms with Gasteiger partial charge in [0.2, 0.25) is 0 Å². The lowest BCUT2D eigenvalue weighted by Crippen LogP contribution is -2.34. The van der Waals surface area contributed by atoms with Gasteiger partial charge in [-0.2, -0.15) is 0 Å². The van der Waals surface area contributed by atoms with E-state index in [1.807, 2.05) is 24.3 Å². The van der Waals surface area contributed by atoms with Crippen molar-refractivity contribution >= 4 is 17.6 Å². The molecule has 0 aliphatic carbocycles. The Morgan fingerprint density at radius 1 is 1.60 bits per heavy atom. The van der Waals surface area contributed by atoms with Crippen molar-refractivity contribution in [2.75, 3.05) is 6.54 Å². The molecular weight excluding hydrogens is 214 g/mol. The van der Waals surface area contributed by atoms with Gasteiger partial charge in [0.15, 0.2) is 0 Å². The molecule has 82 valence electrons. The van der Waals surface area contributed by atoms with Crippen LogP contribution in [-0.4, -0.2) is 23.7 Å². The Morgan fingerprint density at radius 2 is 2.33 bits per heavy atom. The molecular formula is C11H14ClNO2. The number of carboxylic acid groups (broad SMARTS) is 1. The van der Waals surface area contributed by atoms with Crippen molar-refractivity contribution < 1.29 is 9.90 Å². The van der Waals surface area contributed by atoms with Gasteiger partial charge >= 0.3 is 5.97 Å². The summed E-state index contributed by atoms with van der Waals surface area (Å²) in [5.41, 5.74) is 1.10. The van der Waals surface area contributed by atoms with Crippen LogP contribution in [0.25, 0.3) is 0 Å². The number of rotatable bonds is 5. The lowest BCUT2D eigenvalue weighted by atomic mass is 10.1. The Labute approximate surface area is 94.1 Å². The standard InChI is InChI=1S/C11H14ClNO2/c1-8(11(14)15)13-6-5-9-3-2-4-10(12)7-9/h2-4,7-8,13H,5-6H2,1H3,(H,14,15). The highest BCUT2D eigenvalue weighted by Crippen LogP contribution is 2.10. The van der Waals surface area contributed by atoms with Gasteiger partial charge in [0.25, 0.3) is 0 Å². The molecule has 0 aliphatic rings. The fourth-order valence-electron chi connectivity index (χ4n) is 1.21. The minimum absolute atomic E-state index is 0.510. The fourth-order valence-corrected chi connectivity index (χ4v) is 1.43. The van der Waals surface area contributed by atoms with Crippen molar-refractivity contribution in [1.82, 2.24) is 5.32 Å². The molecule has 3 nitrogen and oxygen atoms in total. The molecule has 1 rings (SSSR count). The van der Waals surface area contributed by atoms with Crippen molar-refractivity contribution in [3.63, 3.8) is 0 Å². The molecule has 0 heterocycles. The zero-order chi connectivity index (χ0) is 11.3. The van der Waals surface area contributed by atoms with Crippen molar-refractivity contribution in [1.29, 1.82) is 0 Å². The number of nitrogens with one attached hydrogen (secondary N) is 1. The fraction of sp³-hybridized carbons (Fsp3) is 0.364. The number of hydrogen-bond acceptors (Lipinski definition) is 2. The van der Waals surface area contributed by atoms with E-state index in [1.54, 1.807) is 6.92 Å². The topological polar surface area (TPSA) is 49.3 Å². The second-order valence-corrected chi connectivity index (χ2v) is 3.83. The summed E-state index contributed by atoms with van der Waals surface area (Å²) in [6.07, 6.45) is 0.776. The van der Waals surface area contributed by atoms with Crippen molar-refractivity contribution in [2.24, 2.45) is 0 Å². The molecule has 0 fully saturated rings. The van der Waals surface area contributed by atoms with Crippen LogP contribution in [0.3, 0.4) is 0 Å². The first-order chi connectivity index (χ1) is 7.09. The van der Waals surface area contributed by atoms with Gasteiger partial charge < -0.3 is 10.4 Å². The van der Waals surface area contributed by atoms with E-state index in [1.165, 1.54) is 0 Å². The molecule has 0 saturated carbocycles. The zero-order valence-electron chi connectivity index (χ0n) is 8.53. The van der Waals surface area contributed by atoms with Crippen LogP contribution in [0.15, 0.2) is 24.3 Å². The predicted octanol–water partition coefficient (Wildman–Crippen LogP) is 1.95. The minimum atomic E-state index is -0.832. The van der Waals surface area contributed by atoms with Gasteiger partial charge in [-0.15, -0.1) is 0 Å². The summed E-state index contributed by atoms with van der Waals surface area (Å²) in [4.78, 5) is 10.5. The van der Waals surface area contributed by atoms with E-state index in [9.17, 15) is 4.79 Å². The normalized spacial score (nSPS) is 12.4. The molecule has 0 aliphatic heterocycles. The highest BCUT2D eigenvalue weighted by atomic mass is 35.5. The van der Waals surface area contributed by atoms with Gasteiger partial charge in [0, 0.05) is 5.02 Å². The molecule has 0 bridgehead atoms. The highest BCUT2D eigenvalue weighted by Gasteiger charge is 2.08. The highest BCUT2D eigenvalue weighted by molar-refractivity contribution is 6.30. The lowest BCUT2D eigenvalue weighted by Gasteiger charge is -2.08. The summed E-state index contributed by atoms with van der Waals surface area (Å²) in [6.45, 7) is 2.26. The maximum absolute atomic E-state index is 10.5. The van der Waals surface area contributed by atoms with E-state index in [0.29, 0.717) is 11.6 Å². The van der Waals surface area contributed by atoms with Crippen LogP contribution >= 0.6 is 11.6 Å². The summed E-state index contributed by atoms with van der Waals surface area (Å²) in [6, 6.07) is 7.05. The van der Waals surface area contributed by atoms with E-state index < -0.39 is 12.0 Å². The van der Waals surface area contributed by atoms with E-state index in [2.05, 4.69) is 5.32 Å². The molecule has 1 unspecified atom stereocenters. The number of carbonyl (C=O) groups is 1. The van der Waals surface area contributed by atoms with Crippen molar-refractivity contribution in [3.05, 3.63) is 34.9 Å². The van der Waals surface area contributed by atoms with Crippen LogP contribution in [0.1, 0.15) is 12.5 Å². The maximum atomic E-state index is 10.5. The monoisotopic (exact) mass is 227 g/mol. The third kappa shape index (κ3) is 4.32. The molecule has 1 aromatic carbocycles. The Morgan fingerprint density at radius 3 is 2.93 bits per heavy atom. The van der Waals surface area contributed by atoms with Gasteiger partial charge in [-0.1, -0.05) is 23.7 Å². The number of aliphatic carboxylic acids is 1. The molecule has 0 saturated heterocycles. The number of carboxylic acids is 1. The second kappa shape index (κ2) is 5.73. The third-order valence-electron chi connectivity index (χ3n) is 2.12. The SMILES string of the molecule is CC(NCCc1cccc(Cl)c1)C(=O)O. The van der Waals surface area contributed by atoms with Crippen LogP contribution in [0.4, 0.5) is 0 Å². The smallest absolute Gasteiger partial charge is 0.320 e. The molecule has 2 N–H and O–H groups in total.